The van der Waals surface area contributed by atoms with Crippen molar-refractivity contribution in [2.45, 2.75) is 29.7 Å². The van der Waals surface area contributed by atoms with Crippen molar-refractivity contribution in [3.63, 3.8) is 0 Å². The first kappa shape index (κ1) is 19.4. The quantitative estimate of drug-likeness (QED) is 0.789. The minimum atomic E-state index is -4.30. The largest absolute Gasteiger partial charge is 0.446 e. The Morgan fingerprint density at radius 1 is 1.12 bits per heavy atom. The van der Waals surface area contributed by atoms with E-state index in [1.54, 1.807) is 0 Å². The summed E-state index contributed by atoms with van der Waals surface area (Å²) in [7, 11) is 0. The maximum absolute atomic E-state index is 12.5. The first-order chi connectivity index (χ1) is 10.9. The second-order valence-electron chi connectivity index (χ2n) is 6.29. The molecule has 2 heterocycles. The molecule has 1 amide bonds. The number of carbonyl (C=O) groups is 1. The zero-order valence-corrected chi connectivity index (χ0v) is 14.7. The number of alkyl halides is 3. The molecule has 3 nitrogen and oxygen atoms in total. The normalized spacial score (nSPS) is 20.0. The molecule has 3 rings (SSSR count). The lowest BCUT2D eigenvalue weighted by molar-refractivity contribution is -0.0328. The molecule has 2 fully saturated rings. The van der Waals surface area contributed by atoms with Crippen LogP contribution in [0.2, 0.25) is 0 Å². The van der Waals surface area contributed by atoms with Crippen LogP contribution < -0.4 is 5.32 Å². The van der Waals surface area contributed by atoms with Gasteiger partial charge in [0.1, 0.15) is 0 Å². The lowest BCUT2D eigenvalue weighted by Crippen LogP contribution is -2.44. The number of halogens is 4. The van der Waals surface area contributed by atoms with E-state index in [1.807, 2.05) is 4.90 Å². The van der Waals surface area contributed by atoms with Crippen molar-refractivity contribution in [1.82, 2.24) is 10.2 Å². The maximum Gasteiger partial charge on any atom is 0.446 e. The SMILES string of the molecule is Cl.O=C(c1ccc(SC(F)(F)F)cc1)N1CCC2(CCNC2)CC1. The monoisotopic (exact) mass is 380 g/mol. The number of carbonyl (C=O) groups excluding carboxylic acids is 1. The Balaban J connectivity index is 0.00000208. The molecule has 1 aromatic rings. The molecule has 2 aliphatic heterocycles. The van der Waals surface area contributed by atoms with Gasteiger partial charge < -0.3 is 10.2 Å². The summed E-state index contributed by atoms with van der Waals surface area (Å²) in [6, 6.07) is 5.69. The van der Waals surface area contributed by atoms with E-state index in [0.29, 0.717) is 11.0 Å². The summed E-state index contributed by atoms with van der Waals surface area (Å²) in [5.41, 5.74) is -3.51. The molecule has 134 valence electrons. The molecule has 2 aliphatic rings. The number of hydrogen-bond donors (Lipinski definition) is 1. The number of nitrogens with one attached hydrogen (secondary N) is 1. The van der Waals surface area contributed by atoms with Gasteiger partial charge in [-0.2, -0.15) is 13.2 Å². The first-order valence-corrected chi connectivity index (χ1v) is 8.54. The van der Waals surface area contributed by atoms with E-state index in [-0.39, 0.29) is 35.0 Å². The smallest absolute Gasteiger partial charge is 0.339 e. The van der Waals surface area contributed by atoms with Gasteiger partial charge in [-0.05, 0) is 67.2 Å². The fourth-order valence-electron chi connectivity index (χ4n) is 3.39. The lowest BCUT2D eigenvalue weighted by Gasteiger charge is -2.38. The Bertz CT molecular complexity index is 564. The van der Waals surface area contributed by atoms with Gasteiger partial charge in [0.25, 0.3) is 5.91 Å². The molecule has 0 unspecified atom stereocenters. The van der Waals surface area contributed by atoms with Crippen LogP contribution in [-0.2, 0) is 0 Å². The Kier molecular flexibility index (Phi) is 6.09. The average Bonchev–Trinajstić information content (AvgIpc) is 2.95. The predicted molar refractivity (Wildman–Crippen MR) is 90.7 cm³/mol. The molecule has 8 heteroatoms. The number of likely N-dealkylation sites (tertiary alicyclic amines) is 1. The molecule has 24 heavy (non-hydrogen) atoms. The van der Waals surface area contributed by atoms with Gasteiger partial charge in [0.05, 0.1) is 0 Å². The molecule has 0 saturated carbocycles. The summed E-state index contributed by atoms with van der Waals surface area (Å²) < 4.78 is 37.0. The fourth-order valence-corrected chi connectivity index (χ4v) is 3.93. The number of amides is 1. The minimum Gasteiger partial charge on any atom is -0.339 e. The molecule has 0 aromatic heterocycles. The van der Waals surface area contributed by atoms with E-state index >= 15 is 0 Å². The zero-order valence-electron chi connectivity index (χ0n) is 13.1. The highest BCUT2D eigenvalue weighted by Crippen LogP contribution is 2.38. The maximum atomic E-state index is 12.5. The van der Waals surface area contributed by atoms with E-state index in [2.05, 4.69) is 5.32 Å². The highest BCUT2D eigenvalue weighted by Gasteiger charge is 2.38. The van der Waals surface area contributed by atoms with Crippen molar-refractivity contribution < 1.29 is 18.0 Å². The topological polar surface area (TPSA) is 32.3 Å². The first-order valence-electron chi connectivity index (χ1n) is 7.73. The number of rotatable bonds is 2. The summed E-state index contributed by atoms with van der Waals surface area (Å²) >= 11 is -0.162. The van der Waals surface area contributed by atoms with Crippen molar-refractivity contribution in [1.29, 1.82) is 0 Å². The molecule has 2 saturated heterocycles. The molecule has 0 aliphatic carbocycles. The summed E-state index contributed by atoms with van der Waals surface area (Å²) in [5, 5.41) is 3.39. The molecular formula is C16H20ClF3N2OS. The third-order valence-corrected chi connectivity index (χ3v) is 5.52. The summed E-state index contributed by atoms with van der Waals surface area (Å²) in [4.78, 5) is 14.4. The Morgan fingerprint density at radius 3 is 2.25 bits per heavy atom. The molecule has 0 radical (unpaired) electrons. The zero-order chi connectivity index (χ0) is 16.5. The summed E-state index contributed by atoms with van der Waals surface area (Å²) in [6.45, 7) is 3.52. The molecule has 1 spiro atoms. The van der Waals surface area contributed by atoms with Crippen LogP contribution in [0.25, 0.3) is 0 Å². The van der Waals surface area contributed by atoms with E-state index in [4.69, 9.17) is 0 Å². The Labute approximate surface area is 149 Å². The van der Waals surface area contributed by atoms with Crippen molar-refractivity contribution in [2.75, 3.05) is 26.2 Å². The van der Waals surface area contributed by atoms with Crippen LogP contribution in [-0.4, -0.2) is 42.5 Å². The summed E-state index contributed by atoms with van der Waals surface area (Å²) in [5.74, 6) is -0.0886. The van der Waals surface area contributed by atoms with Crippen LogP contribution in [0.4, 0.5) is 13.2 Å². The fraction of sp³-hybridized carbons (Fsp3) is 0.562. The third kappa shape index (κ3) is 4.58. The highest BCUT2D eigenvalue weighted by molar-refractivity contribution is 8.00. The van der Waals surface area contributed by atoms with Crippen LogP contribution >= 0.6 is 24.2 Å². The molecular weight excluding hydrogens is 361 g/mol. The highest BCUT2D eigenvalue weighted by atomic mass is 35.5. The summed E-state index contributed by atoms with van der Waals surface area (Å²) in [6.07, 6.45) is 3.15. The van der Waals surface area contributed by atoms with Gasteiger partial charge in [-0.15, -0.1) is 12.4 Å². The second-order valence-corrected chi connectivity index (χ2v) is 7.43. The number of benzene rings is 1. The van der Waals surface area contributed by atoms with Gasteiger partial charge in [-0.1, -0.05) is 0 Å². The number of piperidine rings is 1. The van der Waals surface area contributed by atoms with Crippen molar-refractivity contribution >= 4 is 30.1 Å². The Hall–Kier alpha value is -0.920. The van der Waals surface area contributed by atoms with E-state index in [0.717, 1.165) is 39.0 Å². The van der Waals surface area contributed by atoms with Crippen LogP contribution in [0.1, 0.15) is 29.6 Å². The van der Waals surface area contributed by atoms with Crippen LogP contribution in [0, 0.1) is 5.41 Å². The minimum absolute atomic E-state index is 0. The standard InChI is InChI=1S/C16H19F3N2OS.ClH/c17-16(18,19)23-13-3-1-12(2-4-13)14(22)21-9-6-15(7-10-21)5-8-20-11-15;/h1-4,20H,5-11H2;1H. The van der Waals surface area contributed by atoms with Gasteiger partial charge >= 0.3 is 5.51 Å². The van der Waals surface area contributed by atoms with Gasteiger partial charge in [0.2, 0.25) is 0 Å². The number of hydrogen-bond acceptors (Lipinski definition) is 3. The van der Waals surface area contributed by atoms with E-state index in [9.17, 15) is 18.0 Å². The van der Waals surface area contributed by atoms with Crippen molar-refractivity contribution in [3.8, 4) is 0 Å². The van der Waals surface area contributed by atoms with E-state index < -0.39 is 5.51 Å². The molecule has 1 N–H and O–H groups in total. The predicted octanol–water partition coefficient (Wildman–Crippen LogP) is 3.94. The van der Waals surface area contributed by atoms with Gasteiger partial charge in [-0.3, -0.25) is 4.79 Å². The second kappa shape index (κ2) is 7.54. The van der Waals surface area contributed by atoms with Crippen LogP contribution in [0.5, 0.6) is 0 Å². The van der Waals surface area contributed by atoms with Crippen LogP contribution in [0.3, 0.4) is 0 Å². The number of thioether (sulfide) groups is 1. The molecule has 0 bridgehead atoms. The van der Waals surface area contributed by atoms with Crippen molar-refractivity contribution in [2.24, 2.45) is 5.41 Å². The molecule has 0 atom stereocenters. The van der Waals surface area contributed by atoms with Crippen LogP contribution in [0.15, 0.2) is 29.2 Å². The van der Waals surface area contributed by atoms with Gasteiger partial charge in [0, 0.05) is 30.1 Å². The van der Waals surface area contributed by atoms with E-state index in [1.165, 1.54) is 30.7 Å². The Morgan fingerprint density at radius 2 is 1.75 bits per heavy atom. The lowest BCUT2D eigenvalue weighted by atomic mass is 9.78. The average molecular weight is 381 g/mol. The van der Waals surface area contributed by atoms with Crippen molar-refractivity contribution in [3.05, 3.63) is 29.8 Å². The third-order valence-electron chi connectivity index (χ3n) is 4.78. The van der Waals surface area contributed by atoms with Gasteiger partial charge in [0.15, 0.2) is 0 Å². The number of nitrogens with zero attached hydrogens (tertiary/aromatic N) is 1. The van der Waals surface area contributed by atoms with Gasteiger partial charge in [-0.25, -0.2) is 0 Å². The molecule has 1 aromatic carbocycles.